The minimum absolute atomic E-state index is 0.654. The van der Waals surface area contributed by atoms with Crippen LogP contribution in [0.4, 0.5) is 11.4 Å². The van der Waals surface area contributed by atoms with E-state index in [9.17, 15) is 4.79 Å². The van der Waals surface area contributed by atoms with Gasteiger partial charge in [0.1, 0.15) is 5.75 Å². The highest BCUT2D eigenvalue weighted by Gasteiger charge is 2.09. The quantitative estimate of drug-likeness (QED) is 0.796. The molecule has 0 amide bonds. The Kier molecular flexibility index (Phi) is 4.22. The Morgan fingerprint density at radius 2 is 1.84 bits per heavy atom. The number of anilines is 2. The minimum atomic E-state index is 0.654. The predicted molar refractivity (Wildman–Crippen MR) is 80.6 cm³/mol. The van der Waals surface area contributed by atoms with Gasteiger partial charge in [0.15, 0.2) is 6.29 Å². The zero-order valence-electron chi connectivity index (χ0n) is 10.8. The van der Waals surface area contributed by atoms with E-state index in [4.69, 9.17) is 4.74 Å². The maximum atomic E-state index is 11.1. The van der Waals surface area contributed by atoms with Gasteiger partial charge >= 0.3 is 0 Å². The second-order valence-electron chi connectivity index (χ2n) is 4.08. The van der Waals surface area contributed by atoms with E-state index in [1.54, 1.807) is 13.2 Å². The van der Waals surface area contributed by atoms with E-state index in [1.807, 2.05) is 48.3 Å². The summed E-state index contributed by atoms with van der Waals surface area (Å²) in [6, 6.07) is 13.3. The Labute approximate surface area is 120 Å². The van der Waals surface area contributed by atoms with Crippen LogP contribution in [0.2, 0.25) is 0 Å². The summed E-state index contributed by atoms with van der Waals surface area (Å²) in [5, 5.41) is 0. The largest absolute Gasteiger partial charge is 0.497 e. The molecule has 2 rings (SSSR count). The summed E-state index contributed by atoms with van der Waals surface area (Å²) >= 11 is 3.43. The summed E-state index contributed by atoms with van der Waals surface area (Å²) in [5.74, 6) is 0.807. The second kappa shape index (κ2) is 5.89. The van der Waals surface area contributed by atoms with Gasteiger partial charge in [0.05, 0.1) is 12.8 Å². The van der Waals surface area contributed by atoms with Crippen molar-refractivity contribution in [3.8, 4) is 5.75 Å². The minimum Gasteiger partial charge on any atom is -0.497 e. The van der Waals surface area contributed by atoms with E-state index in [-0.39, 0.29) is 0 Å². The van der Waals surface area contributed by atoms with E-state index in [1.165, 1.54) is 0 Å². The van der Waals surface area contributed by atoms with E-state index < -0.39 is 0 Å². The summed E-state index contributed by atoms with van der Waals surface area (Å²) in [4.78, 5) is 13.1. The lowest BCUT2D eigenvalue weighted by Crippen LogP contribution is -2.11. The van der Waals surface area contributed by atoms with Crippen molar-refractivity contribution in [2.75, 3.05) is 19.1 Å². The van der Waals surface area contributed by atoms with Crippen LogP contribution in [-0.4, -0.2) is 20.4 Å². The van der Waals surface area contributed by atoms with Crippen LogP contribution in [0.5, 0.6) is 5.75 Å². The number of rotatable bonds is 4. The standard InChI is InChI=1S/C15H14BrNO2/c1-17(13-5-7-14(19-2)8-6-13)15-9-12(16)4-3-11(15)10-18/h3-10H,1-2H3. The van der Waals surface area contributed by atoms with Crippen LogP contribution in [0.25, 0.3) is 0 Å². The van der Waals surface area contributed by atoms with Crippen LogP contribution >= 0.6 is 15.9 Å². The highest BCUT2D eigenvalue weighted by atomic mass is 79.9. The Balaban J connectivity index is 2.39. The summed E-state index contributed by atoms with van der Waals surface area (Å²) in [7, 11) is 3.56. The van der Waals surface area contributed by atoms with Gasteiger partial charge in [-0.2, -0.15) is 0 Å². The maximum Gasteiger partial charge on any atom is 0.152 e. The molecule has 0 aliphatic carbocycles. The van der Waals surface area contributed by atoms with Gasteiger partial charge in [-0.05, 0) is 42.5 Å². The molecule has 0 atom stereocenters. The summed E-state index contributed by atoms with van der Waals surface area (Å²) in [6.45, 7) is 0. The third-order valence-electron chi connectivity index (χ3n) is 2.94. The molecule has 0 unspecified atom stereocenters. The molecule has 19 heavy (non-hydrogen) atoms. The number of ether oxygens (including phenoxy) is 1. The average molecular weight is 320 g/mol. The molecule has 0 aliphatic rings. The number of hydrogen-bond acceptors (Lipinski definition) is 3. The molecule has 0 aromatic heterocycles. The summed E-state index contributed by atoms with van der Waals surface area (Å²) in [6.07, 6.45) is 0.863. The van der Waals surface area contributed by atoms with Crippen LogP contribution in [0, 0.1) is 0 Å². The zero-order chi connectivity index (χ0) is 13.8. The normalized spacial score (nSPS) is 10.1. The molecule has 0 saturated carbocycles. The van der Waals surface area contributed by atoms with Gasteiger partial charge in [0.2, 0.25) is 0 Å². The highest BCUT2D eigenvalue weighted by Crippen LogP contribution is 2.30. The number of methoxy groups -OCH3 is 1. The topological polar surface area (TPSA) is 29.5 Å². The number of aldehydes is 1. The fourth-order valence-corrected chi connectivity index (χ4v) is 2.20. The van der Waals surface area contributed by atoms with Crippen LogP contribution in [0.15, 0.2) is 46.9 Å². The lowest BCUT2D eigenvalue weighted by Gasteiger charge is -2.21. The molecule has 2 aromatic rings. The Bertz CT molecular complexity index is 581. The molecule has 4 heteroatoms. The van der Waals surface area contributed by atoms with Crippen LogP contribution < -0.4 is 9.64 Å². The molecule has 0 bridgehead atoms. The average Bonchev–Trinajstić information content (AvgIpc) is 2.46. The fraction of sp³-hybridized carbons (Fsp3) is 0.133. The fourth-order valence-electron chi connectivity index (χ4n) is 1.85. The lowest BCUT2D eigenvalue weighted by atomic mass is 10.1. The Morgan fingerprint density at radius 3 is 2.42 bits per heavy atom. The monoisotopic (exact) mass is 319 g/mol. The van der Waals surface area contributed by atoms with Crippen molar-refractivity contribution in [2.45, 2.75) is 0 Å². The molecule has 0 fully saturated rings. The Hall–Kier alpha value is -1.81. The van der Waals surface area contributed by atoms with Gasteiger partial charge in [0, 0.05) is 22.8 Å². The first-order valence-corrected chi connectivity index (χ1v) is 6.57. The molecule has 0 N–H and O–H groups in total. The number of halogens is 1. The predicted octanol–water partition coefficient (Wildman–Crippen LogP) is 4.04. The number of benzene rings is 2. The van der Waals surface area contributed by atoms with Crippen molar-refractivity contribution >= 4 is 33.6 Å². The maximum absolute atomic E-state index is 11.1. The molecule has 0 radical (unpaired) electrons. The smallest absolute Gasteiger partial charge is 0.152 e. The first-order chi connectivity index (χ1) is 9.15. The number of carbonyl (C=O) groups excluding carboxylic acids is 1. The SMILES string of the molecule is COc1ccc(N(C)c2cc(Br)ccc2C=O)cc1. The Morgan fingerprint density at radius 1 is 1.16 bits per heavy atom. The first kappa shape index (κ1) is 13.6. The van der Waals surface area contributed by atoms with E-state index in [2.05, 4.69) is 15.9 Å². The van der Waals surface area contributed by atoms with Gasteiger partial charge in [-0.3, -0.25) is 4.79 Å². The highest BCUT2D eigenvalue weighted by molar-refractivity contribution is 9.10. The van der Waals surface area contributed by atoms with Crippen molar-refractivity contribution in [2.24, 2.45) is 0 Å². The molecular weight excluding hydrogens is 306 g/mol. The number of nitrogens with zero attached hydrogens (tertiary/aromatic N) is 1. The molecular formula is C15H14BrNO2. The molecule has 0 saturated heterocycles. The zero-order valence-corrected chi connectivity index (χ0v) is 12.3. The molecule has 0 heterocycles. The van der Waals surface area contributed by atoms with Crippen LogP contribution in [0.1, 0.15) is 10.4 Å². The lowest BCUT2D eigenvalue weighted by molar-refractivity contribution is 0.112. The van der Waals surface area contributed by atoms with Gasteiger partial charge in [-0.15, -0.1) is 0 Å². The van der Waals surface area contributed by atoms with Gasteiger partial charge in [0.25, 0.3) is 0 Å². The molecule has 98 valence electrons. The van der Waals surface area contributed by atoms with Gasteiger partial charge in [-0.25, -0.2) is 0 Å². The molecule has 3 nitrogen and oxygen atoms in total. The summed E-state index contributed by atoms with van der Waals surface area (Å²) in [5.41, 5.74) is 2.50. The summed E-state index contributed by atoms with van der Waals surface area (Å²) < 4.78 is 6.07. The second-order valence-corrected chi connectivity index (χ2v) is 4.99. The van der Waals surface area contributed by atoms with Crippen LogP contribution in [0.3, 0.4) is 0 Å². The van der Waals surface area contributed by atoms with Crippen molar-refractivity contribution in [3.63, 3.8) is 0 Å². The van der Waals surface area contributed by atoms with Crippen molar-refractivity contribution in [1.29, 1.82) is 0 Å². The third kappa shape index (κ3) is 2.96. The number of hydrogen-bond donors (Lipinski definition) is 0. The van der Waals surface area contributed by atoms with Crippen molar-refractivity contribution in [3.05, 3.63) is 52.5 Å². The van der Waals surface area contributed by atoms with E-state index in [0.29, 0.717) is 5.56 Å². The van der Waals surface area contributed by atoms with Gasteiger partial charge in [-0.1, -0.05) is 15.9 Å². The first-order valence-electron chi connectivity index (χ1n) is 5.78. The van der Waals surface area contributed by atoms with E-state index in [0.717, 1.165) is 27.9 Å². The van der Waals surface area contributed by atoms with Crippen molar-refractivity contribution in [1.82, 2.24) is 0 Å². The van der Waals surface area contributed by atoms with Gasteiger partial charge < -0.3 is 9.64 Å². The third-order valence-corrected chi connectivity index (χ3v) is 3.43. The van der Waals surface area contributed by atoms with Crippen molar-refractivity contribution < 1.29 is 9.53 Å². The molecule has 0 aliphatic heterocycles. The van der Waals surface area contributed by atoms with E-state index >= 15 is 0 Å². The molecule has 2 aromatic carbocycles. The van der Waals surface area contributed by atoms with Crippen LogP contribution in [-0.2, 0) is 0 Å². The molecule has 0 spiro atoms. The number of carbonyl (C=O) groups is 1.